The van der Waals surface area contributed by atoms with E-state index in [1.807, 2.05) is 24.1 Å². The van der Waals surface area contributed by atoms with Crippen molar-refractivity contribution in [2.75, 3.05) is 13.1 Å². The second-order valence-electron chi connectivity index (χ2n) is 4.87. The largest absolute Gasteiger partial charge is 0.338 e. The Labute approximate surface area is 102 Å². The van der Waals surface area contributed by atoms with E-state index < -0.39 is 0 Å². The molecule has 17 heavy (non-hydrogen) atoms. The van der Waals surface area contributed by atoms with Crippen LogP contribution in [-0.2, 0) is 4.79 Å². The molecule has 1 aliphatic rings. The number of aromatic nitrogens is 2. The Morgan fingerprint density at radius 2 is 2.06 bits per heavy atom. The normalized spacial score (nSPS) is 26.9. The van der Waals surface area contributed by atoms with Crippen LogP contribution >= 0.6 is 0 Å². The molecule has 2 heterocycles. The van der Waals surface area contributed by atoms with Gasteiger partial charge in [0.25, 0.3) is 0 Å². The lowest BCUT2D eigenvalue weighted by Gasteiger charge is -2.37. The topological polar surface area (TPSA) is 50.2 Å². The van der Waals surface area contributed by atoms with Crippen molar-refractivity contribution in [3.63, 3.8) is 0 Å². The van der Waals surface area contributed by atoms with E-state index >= 15 is 0 Å². The molecule has 0 saturated carbocycles. The van der Waals surface area contributed by atoms with Crippen molar-refractivity contribution >= 4 is 5.91 Å². The number of hydrogen-bond acceptors (Lipinski definition) is 3. The van der Waals surface area contributed by atoms with Crippen LogP contribution in [0.15, 0.2) is 18.5 Å². The fraction of sp³-hybridized carbons (Fsp3) is 0.667. The number of nitrogens with one attached hydrogen (secondary N) is 1. The molecule has 3 unspecified atom stereocenters. The number of carbonyl (C=O) groups is 1. The Morgan fingerprint density at radius 1 is 1.41 bits per heavy atom. The third-order valence-corrected chi connectivity index (χ3v) is 3.15. The first-order valence-electron chi connectivity index (χ1n) is 6.12. The van der Waals surface area contributed by atoms with Gasteiger partial charge in [0.15, 0.2) is 0 Å². The zero-order valence-corrected chi connectivity index (χ0v) is 10.6. The van der Waals surface area contributed by atoms with Crippen LogP contribution in [0.2, 0.25) is 0 Å². The number of nitrogens with zero attached hydrogens (tertiary/aromatic N) is 3. The summed E-state index contributed by atoms with van der Waals surface area (Å²) in [5.74, 6) is 0.147. The molecule has 0 aliphatic carbocycles. The standard InChI is InChI=1S/C12H20N4O/c1-9-7-15(8-10(2)14-9)12(17)11(3)16-6-4-5-13-16/h4-6,9-11,14H,7-8H2,1-3H3. The molecule has 1 saturated heterocycles. The first-order valence-corrected chi connectivity index (χ1v) is 6.12. The molecule has 1 N–H and O–H groups in total. The summed E-state index contributed by atoms with van der Waals surface area (Å²) in [4.78, 5) is 14.3. The van der Waals surface area contributed by atoms with E-state index in [4.69, 9.17) is 0 Å². The lowest BCUT2D eigenvalue weighted by atomic mass is 10.1. The van der Waals surface area contributed by atoms with Crippen molar-refractivity contribution in [2.45, 2.75) is 38.9 Å². The Kier molecular flexibility index (Phi) is 3.47. The van der Waals surface area contributed by atoms with Crippen LogP contribution in [-0.4, -0.2) is 45.8 Å². The predicted molar refractivity (Wildman–Crippen MR) is 65.6 cm³/mol. The first kappa shape index (κ1) is 12.1. The van der Waals surface area contributed by atoms with Gasteiger partial charge < -0.3 is 10.2 Å². The maximum absolute atomic E-state index is 12.3. The van der Waals surface area contributed by atoms with Gasteiger partial charge in [-0.05, 0) is 26.8 Å². The van der Waals surface area contributed by atoms with E-state index in [2.05, 4.69) is 24.3 Å². The van der Waals surface area contributed by atoms with Crippen LogP contribution in [0, 0.1) is 0 Å². The molecule has 3 atom stereocenters. The molecular formula is C12H20N4O. The average molecular weight is 236 g/mol. The highest BCUT2D eigenvalue weighted by atomic mass is 16.2. The van der Waals surface area contributed by atoms with Crippen LogP contribution in [0.1, 0.15) is 26.8 Å². The molecule has 94 valence electrons. The SMILES string of the molecule is CC1CN(C(=O)C(C)n2cccn2)CC(C)N1. The molecule has 2 rings (SSSR count). The smallest absolute Gasteiger partial charge is 0.247 e. The number of carbonyl (C=O) groups excluding carboxylic acids is 1. The predicted octanol–water partition coefficient (Wildman–Crippen LogP) is 0.653. The van der Waals surface area contributed by atoms with Crippen LogP contribution in [0.3, 0.4) is 0 Å². The lowest BCUT2D eigenvalue weighted by Crippen LogP contribution is -2.56. The van der Waals surface area contributed by atoms with Gasteiger partial charge in [-0.25, -0.2) is 0 Å². The second-order valence-corrected chi connectivity index (χ2v) is 4.87. The summed E-state index contributed by atoms with van der Waals surface area (Å²) in [7, 11) is 0. The number of piperazine rings is 1. The van der Waals surface area contributed by atoms with Crippen molar-refractivity contribution in [2.24, 2.45) is 0 Å². The zero-order valence-electron chi connectivity index (χ0n) is 10.6. The quantitative estimate of drug-likeness (QED) is 0.820. The molecule has 5 heteroatoms. The summed E-state index contributed by atoms with van der Waals surface area (Å²) in [6.45, 7) is 7.65. The third-order valence-electron chi connectivity index (χ3n) is 3.15. The highest BCUT2D eigenvalue weighted by Gasteiger charge is 2.28. The zero-order chi connectivity index (χ0) is 12.4. The minimum atomic E-state index is -0.220. The minimum absolute atomic E-state index is 0.147. The monoisotopic (exact) mass is 236 g/mol. The Bertz CT molecular complexity index is 366. The van der Waals surface area contributed by atoms with Crippen LogP contribution in [0.5, 0.6) is 0 Å². The highest BCUT2D eigenvalue weighted by Crippen LogP contribution is 2.12. The Hall–Kier alpha value is -1.36. The van der Waals surface area contributed by atoms with Crippen molar-refractivity contribution in [1.82, 2.24) is 20.0 Å². The second kappa shape index (κ2) is 4.87. The summed E-state index contributed by atoms with van der Waals surface area (Å²) < 4.78 is 1.71. The molecule has 0 spiro atoms. The molecular weight excluding hydrogens is 216 g/mol. The van der Waals surface area contributed by atoms with Crippen molar-refractivity contribution in [3.05, 3.63) is 18.5 Å². The molecule has 0 aromatic carbocycles. The first-order chi connectivity index (χ1) is 8.08. The molecule has 1 aliphatic heterocycles. The van der Waals surface area contributed by atoms with Gasteiger partial charge in [0.2, 0.25) is 5.91 Å². The van der Waals surface area contributed by atoms with Gasteiger partial charge >= 0.3 is 0 Å². The summed E-state index contributed by atoms with van der Waals surface area (Å²) in [6.07, 6.45) is 3.53. The minimum Gasteiger partial charge on any atom is -0.338 e. The molecule has 5 nitrogen and oxygen atoms in total. The number of amides is 1. The molecule has 1 amide bonds. The van der Waals surface area contributed by atoms with Crippen LogP contribution in [0.4, 0.5) is 0 Å². The molecule has 1 aromatic rings. The van der Waals surface area contributed by atoms with Gasteiger partial charge in [-0.3, -0.25) is 9.48 Å². The number of hydrogen-bond donors (Lipinski definition) is 1. The van der Waals surface area contributed by atoms with Crippen molar-refractivity contribution < 1.29 is 4.79 Å². The molecule has 1 aromatic heterocycles. The summed E-state index contributed by atoms with van der Waals surface area (Å²) >= 11 is 0. The highest BCUT2D eigenvalue weighted by molar-refractivity contribution is 5.80. The lowest BCUT2D eigenvalue weighted by molar-refractivity contribution is -0.136. The molecule has 0 radical (unpaired) electrons. The van der Waals surface area contributed by atoms with E-state index in [0.29, 0.717) is 12.1 Å². The Balaban J connectivity index is 2.04. The van der Waals surface area contributed by atoms with Gasteiger partial charge in [-0.2, -0.15) is 5.10 Å². The average Bonchev–Trinajstić information content (AvgIpc) is 2.79. The Morgan fingerprint density at radius 3 is 2.59 bits per heavy atom. The maximum atomic E-state index is 12.3. The number of rotatable bonds is 2. The van der Waals surface area contributed by atoms with Gasteiger partial charge in [0, 0.05) is 37.6 Å². The summed E-state index contributed by atoms with van der Waals surface area (Å²) in [5, 5.41) is 7.55. The molecule has 0 bridgehead atoms. The van der Waals surface area contributed by atoms with Crippen LogP contribution < -0.4 is 5.32 Å². The fourth-order valence-corrected chi connectivity index (χ4v) is 2.39. The van der Waals surface area contributed by atoms with Crippen LogP contribution in [0.25, 0.3) is 0 Å². The summed E-state index contributed by atoms with van der Waals surface area (Å²) in [5.41, 5.74) is 0. The third kappa shape index (κ3) is 2.66. The van der Waals surface area contributed by atoms with E-state index in [1.165, 1.54) is 0 Å². The maximum Gasteiger partial charge on any atom is 0.247 e. The summed E-state index contributed by atoms with van der Waals surface area (Å²) in [6, 6.07) is 2.33. The van der Waals surface area contributed by atoms with E-state index in [1.54, 1.807) is 10.9 Å². The van der Waals surface area contributed by atoms with Gasteiger partial charge in [0.1, 0.15) is 6.04 Å². The fourth-order valence-electron chi connectivity index (χ4n) is 2.39. The van der Waals surface area contributed by atoms with E-state index in [-0.39, 0.29) is 11.9 Å². The van der Waals surface area contributed by atoms with Gasteiger partial charge in [-0.15, -0.1) is 0 Å². The van der Waals surface area contributed by atoms with E-state index in [9.17, 15) is 4.79 Å². The van der Waals surface area contributed by atoms with Crippen molar-refractivity contribution in [3.8, 4) is 0 Å². The van der Waals surface area contributed by atoms with Gasteiger partial charge in [-0.1, -0.05) is 0 Å². The van der Waals surface area contributed by atoms with Gasteiger partial charge in [0.05, 0.1) is 0 Å². The van der Waals surface area contributed by atoms with E-state index in [0.717, 1.165) is 13.1 Å². The molecule has 1 fully saturated rings. The van der Waals surface area contributed by atoms with Crippen molar-refractivity contribution in [1.29, 1.82) is 0 Å².